The van der Waals surface area contributed by atoms with Gasteiger partial charge in [0.25, 0.3) is 11.8 Å². The van der Waals surface area contributed by atoms with Crippen LogP contribution in [-0.4, -0.2) is 51.9 Å². The topological polar surface area (TPSA) is 125 Å². The standard InChI is InChI=1S/C26H25N3O7/c1-33-21-13-19(14-22(34-2)24(21)35-3)25(31)27-16-23(30)29-28-15-17-9-11-20(12-10-17)36-26(32)18-7-5-4-6-8-18/h4-15H,16H2,1-3H3,(H,27,31)(H,29,30)/b28-15+. The molecule has 0 heterocycles. The number of nitrogens with one attached hydrogen (secondary N) is 2. The lowest BCUT2D eigenvalue weighted by Crippen LogP contribution is -2.34. The van der Waals surface area contributed by atoms with Crippen molar-refractivity contribution in [1.82, 2.24) is 10.7 Å². The minimum Gasteiger partial charge on any atom is -0.493 e. The van der Waals surface area contributed by atoms with E-state index in [2.05, 4.69) is 15.8 Å². The number of rotatable bonds is 10. The first-order valence-corrected chi connectivity index (χ1v) is 10.7. The summed E-state index contributed by atoms with van der Waals surface area (Å²) in [6.07, 6.45) is 1.42. The van der Waals surface area contributed by atoms with E-state index in [1.165, 1.54) is 39.7 Å². The van der Waals surface area contributed by atoms with Crippen LogP contribution in [0.15, 0.2) is 71.8 Å². The van der Waals surface area contributed by atoms with Gasteiger partial charge in [-0.15, -0.1) is 0 Å². The van der Waals surface area contributed by atoms with E-state index in [0.29, 0.717) is 34.1 Å². The summed E-state index contributed by atoms with van der Waals surface area (Å²) in [4.78, 5) is 36.6. The lowest BCUT2D eigenvalue weighted by atomic mass is 10.1. The van der Waals surface area contributed by atoms with Crippen LogP contribution in [-0.2, 0) is 4.79 Å². The van der Waals surface area contributed by atoms with E-state index in [-0.39, 0.29) is 12.1 Å². The maximum atomic E-state index is 12.5. The second kappa shape index (κ2) is 12.6. The molecule has 0 spiro atoms. The van der Waals surface area contributed by atoms with Gasteiger partial charge in [-0.3, -0.25) is 9.59 Å². The molecule has 0 radical (unpaired) electrons. The van der Waals surface area contributed by atoms with E-state index < -0.39 is 17.8 Å². The second-order valence-corrected chi connectivity index (χ2v) is 7.21. The van der Waals surface area contributed by atoms with Crippen molar-refractivity contribution in [2.75, 3.05) is 27.9 Å². The molecule has 0 unspecified atom stereocenters. The predicted octanol–water partition coefficient (Wildman–Crippen LogP) is 2.81. The van der Waals surface area contributed by atoms with Crippen LogP contribution in [0.25, 0.3) is 0 Å². The van der Waals surface area contributed by atoms with E-state index in [4.69, 9.17) is 18.9 Å². The molecule has 2 N–H and O–H groups in total. The Hall–Kier alpha value is -4.86. The van der Waals surface area contributed by atoms with Crippen molar-refractivity contribution < 1.29 is 33.3 Å². The van der Waals surface area contributed by atoms with E-state index >= 15 is 0 Å². The predicted molar refractivity (Wildman–Crippen MR) is 132 cm³/mol. The molecular formula is C26H25N3O7. The van der Waals surface area contributed by atoms with Crippen LogP contribution >= 0.6 is 0 Å². The average molecular weight is 492 g/mol. The molecule has 3 aromatic rings. The third-order valence-corrected chi connectivity index (χ3v) is 4.84. The number of ether oxygens (including phenoxy) is 4. The Bertz CT molecular complexity index is 1220. The van der Waals surface area contributed by atoms with Gasteiger partial charge >= 0.3 is 5.97 Å². The van der Waals surface area contributed by atoms with Crippen molar-refractivity contribution in [3.05, 3.63) is 83.4 Å². The molecule has 10 nitrogen and oxygen atoms in total. The monoisotopic (exact) mass is 491 g/mol. The fourth-order valence-corrected chi connectivity index (χ4v) is 3.06. The van der Waals surface area contributed by atoms with E-state index in [0.717, 1.165) is 0 Å². The minimum atomic E-state index is -0.527. The maximum absolute atomic E-state index is 12.5. The Morgan fingerprint density at radius 1 is 0.833 bits per heavy atom. The zero-order valence-corrected chi connectivity index (χ0v) is 19.9. The fourth-order valence-electron chi connectivity index (χ4n) is 3.06. The molecule has 0 fully saturated rings. The van der Waals surface area contributed by atoms with Gasteiger partial charge in [0.2, 0.25) is 5.75 Å². The van der Waals surface area contributed by atoms with Crippen LogP contribution in [0.3, 0.4) is 0 Å². The van der Waals surface area contributed by atoms with Gasteiger partial charge in [-0.25, -0.2) is 10.2 Å². The Morgan fingerprint density at radius 3 is 2.06 bits per heavy atom. The summed E-state index contributed by atoms with van der Waals surface area (Å²) in [5.41, 5.74) is 3.67. The molecule has 0 saturated heterocycles. The zero-order valence-electron chi connectivity index (χ0n) is 19.9. The minimum absolute atomic E-state index is 0.230. The third-order valence-electron chi connectivity index (χ3n) is 4.84. The molecule has 0 aliphatic rings. The summed E-state index contributed by atoms with van der Waals surface area (Å²) in [6.45, 7) is -0.304. The van der Waals surface area contributed by atoms with Crippen LogP contribution in [0.4, 0.5) is 0 Å². The zero-order chi connectivity index (χ0) is 25.9. The number of methoxy groups -OCH3 is 3. The van der Waals surface area contributed by atoms with Crippen LogP contribution in [0.2, 0.25) is 0 Å². The molecule has 3 aromatic carbocycles. The van der Waals surface area contributed by atoms with Gasteiger partial charge in [0.1, 0.15) is 5.75 Å². The number of hydrogen-bond acceptors (Lipinski definition) is 8. The number of hydrazone groups is 1. The molecule has 0 saturated carbocycles. The summed E-state index contributed by atoms with van der Waals surface area (Å²) >= 11 is 0. The van der Waals surface area contributed by atoms with Crippen LogP contribution < -0.4 is 29.7 Å². The molecule has 10 heteroatoms. The van der Waals surface area contributed by atoms with Gasteiger partial charge in [0, 0.05) is 5.56 Å². The summed E-state index contributed by atoms with van der Waals surface area (Å²) in [5.74, 6) is -0.133. The molecular weight excluding hydrogens is 466 g/mol. The van der Waals surface area contributed by atoms with Gasteiger partial charge in [-0.05, 0) is 54.1 Å². The van der Waals surface area contributed by atoms with Crippen molar-refractivity contribution in [3.8, 4) is 23.0 Å². The van der Waals surface area contributed by atoms with Gasteiger partial charge in [0.05, 0.1) is 39.7 Å². The summed E-state index contributed by atoms with van der Waals surface area (Å²) in [5, 5.41) is 6.37. The van der Waals surface area contributed by atoms with E-state index in [1.54, 1.807) is 48.5 Å². The van der Waals surface area contributed by atoms with Crippen molar-refractivity contribution in [3.63, 3.8) is 0 Å². The highest BCUT2D eigenvalue weighted by Gasteiger charge is 2.17. The normalized spacial score (nSPS) is 10.4. The van der Waals surface area contributed by atoms with Gasteiger partial charge in [-0.1, -0.05) is 18.2 Å². The Labute approximate surface area is 207 Å². The first-order valence-electron chi connectivity index (χ1n) is 10.7. The third kappa shape index (κ3) is 6.83. The summed E-state index contributed by atoms with van der Waals surface area (Å²) < 4.78 is 21.0. The van der Waals surface area contributed by atoms with Crippen molar-refractivity contribution >= 4 is 24.0 Å². The molecule has 0 atom stereocenters. The smallest absolute Gasteiger partial charge is 0.343 e. The number of esters is 1. The molecule has 0 aromatic heterocycles. The molecule has 186 valence electrons. The first kappa shape index (κ1) is 25.8. The Morgan fingerprint density at radius 2 is 1.47 bits per heavy atom. The van der Waals surface area contributed by atoms with E-state index in [9.17, 15) is 14.4 Å². The van der Waals surface area contributed by atoms with Crippen molar-refractivity contribution in [1.29, 1.82) is 0 Å². The largest absolute Gasteiger partial charge is 0.493 e. The molecule has 0 bridgehead atoms. The van der Waals surface area contributed by atoms with Gasteiger partial charge < -0.3 is 24.3 Å². The van der Waals surface area contributed by atoms with Crippen molar-refractivity contribution in [2.24, 2.45) is 5.10 Å². The Balaban J connectivity index is 1.49. The second-order valence-electron chi connectivity index (χ2n) is 7.21. The number of amides is 2. The van der Waals surface area contributed by atoms with Crippen LogP contribution in [0, 0.1) is 0 Å². The highest BCUT2D eigenvalue weighted by Crippen LogP contribution is 2.38. The van der Waals surface area contributed by atoms with Gasteiger partial charge in [0.15, 0.2) is 11.5 Å². The number of hydrogen-bond donors (Lipinski definition) is 2. The highest BCUT2D eigenvalue weighted by molar-refractivity contribution is 5.97. The Kier molecular flexibility index (Phi) is 8.99. The molecule has 3 rings (SSSR count). The number of nitrogens with zero attached hydrogens (tertiary/aromatic N) is 1. The molecule has 36 heavy (non-hydrogen) atoms. The summed E-state index contributed by atoms with van der Waals surface area (Å²) in [7, 11) is 4.34. The average Bonchev–Trinajstić information content (AvgIpc) is 2.92. The molecule has 2 amide bonds. The number of carbonyl (C=O) groups is 3. The van der Waals surface area contributed by atoms with E-state index in [1.807, 2.05) is 6.07 Å². The first-order chi connectivity index (χ1) is 17.4. The lowest BCUT2D eigenvalue weighted by molar-refractivity contribution is -0.120. The SMILES string of the molecule is COc1cc(C(=O)NCC(=O)N/N=C/c2ccc(OC(=O)c3ccccc3)cc2)cc(OC)c1OC. The fraction of sp³-hybridized carbons (Fsp3) is 0.154. The number of benzene rings is 3. The molecule has 0 aliphatic carbocycles. The number of carbonyl (C=O) groups excluding carboxylic acids is 3. The van der Waals surface area contributed by atoms with Crippen LogP contribution in [0.1, 0.15) is 26.3 Å². The lowest BCUT2D eigenvalue weighted by Gasteiger charge is -2.14. The van der Waals surface area contributed by atoms with Gasteiger partial charge in [-0.2, -0.15) is 5.10 Å². The van der Waals surface area contributed by atoms with Crippen LogP contribution in [0.5, 0.6) is 23.0 Å². The molecule has 0 aliphatic heterocycles. The summed E-state index contributed by atoms with van der Waals surface area (Å²) in [6, 6.07) is 18.2. The highest BCUT2D eigenvalue weighted by atomic mass is 16.5. The quantitative estimate of drug-likeness (QED) is 0.193. The van der Waals surface area contributed by atoms with Crippen molar-refractivity contribution in [2.45, 2.75) is 0 Å². The maximum Gasteiger partial charge on any atom is 0.343 e.